The molecule has 0 aromatic carbocycles. The number of aromatic nitrogens is 6. The highest BCUT2D eigenvalue weighted by atomic mass is 19.1. The molecule has 39 heavy (non-hydrogen) atoms. The molecule has 11 heteroatoms. The Morgan fingerprint density at radius 1 is 1.08 bits per heavy atom. The number of piperazine rings is 1. The van der Waals surface area contributed by atoms with Gasteiger partial charge in [-0.3, -0.25) is 14.5 Å². The van der Waals surface area contributed by atoms with Crippen molar-refractivity contribution in [3.8, 4) is 11.3 Å². The van der Waals surface area contributed by atoms with Crippen LogP contribution in [0, 0.1) is 5.82 Å². The van der Waals surface area contributed by atoms with Gasteiger partial charge in [0, 0.05) is 75.1 Å². The van der Waals surface area contributed by atoms with Crippen molar-refractivity contribution in [2.45, 2.75) is 38.8 Å². The number of rotatable bonds is 7. The van der Waals surface area contributed by atoms with Crippen molar-refractivity contribution in [2.24, 2.45) is 7.05 Å². The van der Waals surface area contributed by atoms with E-state index in [0.717, 1.165) is 49.4 Å². The van der Waals surface area contributed by atoms with Crippen LogP contribution in [0.4, 0.5) is 16.2 Å². The summed E-state index contributed by atoms with van der Waals surface area (Å²) in [4.78, 5) is 22.4. The number of pyridine rings is 2. The van der Waals surface area contributed by atoms with Crippen LogP contribution < -0.4 is 5.32 Å². The third kappa shape index (κ3) is 5.90. The number of nitrogens with one attached hydrogen (secondary N) is 1. The average Bonchev–Trinajstić information content (AvgIpc) is 3.24. The minimum absolute atomic E-state index is 0.158. The van der Waals surface area contributed by atoms with Crippen LogP contribution in [0.25, 0.3) is 22.3 Å². The van der Waals surface area contributed by atoms with E-state index in [-0.39, 0.29) is 17.1 Å². The predicted octanol–water partition coefficient (Wildman–Crippen LogP) is 3.76. The van der Waals surface area contributed by atoms with Crippen molar-refractivity contribution in [3.63, 3.8) is 0 Å². The number of likely N-dealkylation sites (N-methyl/N-ethyl adjacent to an activating group) is 1. The summed E-state index contributed by atoms with van der Waals surface area (Å²) in [6.07, 6.45) is 4.62. The van der Waals surface area contributed by atoms with Crippen LogP contribution in [-0.2, 0) is 23.7 Å². The molecular formula is C28H36FN9O. The summed E-state index contributed by atoms with van der Waals surface area (Å²) in [6.45, 7) is 10.8. The summed E-state index contributed by atoms with van der Waals surface area (Å²) < 4.78 is 22.1. The SMILES string of the molecule is COC[C@@H]1CN(Cc2ccc(Nc3ncc(F)c(-c4cnc5nn(C)c(C(C)(C)C)c5c4)n3)nc2)CCN1C. The van der Waals surface area contributed by atoms with Crippen molar-refractivity contribution >= 4 is 22.8 Å². The molecule has 1 aliphatic rings. The molecule has 0 spiro atoms. The number of aryl methyl sites for hydroxylation is 1. The first-order valence-corrected chi connectivity index (χ1v) is 13.1. The monoisotopic (exact) mass is 533 g/mol. The molecule has 0 amide bonds. The van der Waals surface area contributed by atoms with Crippen LogP contribution in [0.5, 0.6) is 0 Å². The lowest BCUT2D eigenvalue weighted by atomic mass is 9.89. The number of fused-ring (bicyclic) bond motifs is 1. The molecule has 5 heterocycles. The summed E-state index contributed by atoms with van der Waals surface area (Å²) in [5, 5.41) is 8.50. The molecule has 0 unspecified atom stereocenters. The third-order valence-electron chi connectivity index (χ3n) is 7.11. The zero-order valence-electron chi connectivity index (χ0n) is 23.4. The second kappa shape index (κ2) is 10.9. The predicted molar refractivity (Wildman–Crippen MR) is 149 cm³/mol. The van der Waals surface area contributed by atoms with E-state index in [1.807, 2.05) is 36.1 Å². The van der Waals surface area contributed by atoms with Gasteiger partial charge < -0.3 is 10.1 Å². The van der Waals surface area contributed by atoms with Crippen molar-refractivity contribution in [3.05, 3.63) is 53.9 Å². The summed E-state index contributed by atoms with van der Waals surface area (Å²) in [5.74, 6) is 0.323. The molecule has 0 bridgehead atoms. The molecule has 1 fully saturated rings. The molecule has 206 valence electrons. The average molecular weight is 534 g/mol. The Balaban J connectivity index is 1.32. The Labute approximate surface area is 228 Å². The summed E-state index contributed by atoms with van der Waals surface area (Å²) >= 11 is 0. The lowest BCUT2D eigenvalue weighted by Gasteiger charge is -2.39. The molecule has 1 atom stereocenters. The lowest BCUT2D eigenvalue weighted by Crippen LogP contribution is -2.52. The van der Waals surface area contributed by atoms with Crippen LogP contribution >= 0.6 is 0 Å². The molecule has 4 aromatic rings. The molecule has 0 aliphatic carbocycles. The van der Waals surface area contributed by atoms with E-state index in [2.05, 4.69) is 68.0 Å². The molecule has 10 nitrogen and oxygen atoms in total. The summed E-state index contributed by atoms with van der Waals surface area (Å²) in [7, 11) is 5.79. The van der Waals surface area contributed by atoms with Gasteiger partial charge in [0.2, 0.25) is 5.95 Å². The van der Waals surface area contributed by atoms with Gasteiger partial charge in [0.1, 0.15) is 11.5 Å². The fourth-order valence-electron chi connectivity index (χ4n) is 5.22. The van der Waals surface area contributed by atoms with E-state index >= 15 is 0 Å². The topological polar surface area (TPSA) is 97.1 Å². The highest BCUT2D eigenvalue weighted by Crippen LogP contribution is 2.32. The second-order valence-electron chi connectivity index (χ2n) is 11.2. The Morgan fingerprint density at radius 2 is 1.90 bits per heavy atom. The standard InChI is InChI=1S/C28H36FN9O/c1-28(2,3)25-21-11-19(13-31-26(21)35-37(25)5)24-22(29)14-32-27(34-24)33-23-8-7-18(12-30-23)15-38-10-9-36(4)20(16-38)17-39-6/h7-8,11-14,20H,9-10,15-17H2,1-6H3,(H,30,32,33,34)/t20-/m0/s1. The number of hydrogen-bond donors (Lipinski definition) is 1. The highest BCUT2D eigenvalue weighted by molar-refractivity contribution is 5.83. The van der Waals surface area contributed by atoms with E-state index in [4.69, 9.17) is 4.74 Å². The molecule has 1 N–H and O–H groups in total. The Morgan fingerprint density at radius 3 is 2.62 bits per heavy atom. The number of nitrogens with zero attached hydrogens (tertiary/aromatic N) is 8. The maximum absolute atomic E-state index is 14.9. The van der Waals surface area contributed by atoms with E-state index in [0.29, 0.717) is 23.1 Å². The maximum Gasteiger partial charge on any atom is 0.229 e. The molecular weight excluding hydrogens is 497 g/mol. The molecule has 0 radical (unpaired) electrons. The Hall–Kier alpha value is -3.54. The zero-order valence-corrected chi connectivity index (χ0v) is 23.4. The first kappa shape index (κ1) is 27.0. The third-order valence-corrected chi connectivity index (χ3v) is 7.11. The number of anilines is 2. The van der Waals surface area contributed by atoms with Crippen molar-refractivity contribution in [2.75, 3.05) is 45.7 Å². The van der Waals surface area contributed by atoms with Gasteiger partial charge in [-0.15, -0.1) is 0 Å². The van der Waals surface area contributed by atoms with Crippen molar-refractivity contribution in [1.29, 1.82) is 0 Å². The van der Waals surface area contributed by atoms with Gasteiger partial charge in [-0.25, -0.2) is 24.3 Å². The Kier molecular flexibility index (Phi) is 7.57. The van der Waals surface area contributed by atoms with Gasteiger partial charge in [-0.1, -0.05) is 26.8 Å². The largest absolute Gasteiger partial charge is 0.383 e. The van der Waals surface area contributed by atoms with E-state index in [1.54, 1.807) is 13.3 Å². The van der Waals surface area contributed by atoms with Crippen LogP contribution in [0.1, 0.15) is 32.0 Å². The lowest BCUT2D eigenvalue weighted by molar-refractivity contribution is 0.0374. The minimum atomic E-state index is -0.523. The number of methoxy groups -OCH3 is 1. The summed E-state index contributed by atoms with van der Waals surface area (Å²) in [6, 6.07) is 6.21. The number of hydrogen-bond acceptors (Lipinski definition) is 9. The summed E-state index contributed by atoms with van der Waals surface area (Å²) in [5.41, 5.74) is 3.33. The first-order chi connectivity index (χ1) is 18.6. The van der Waals surface area contributed by atoms with Gasteiger partial charge in [-0.2, -0.15) is 5.10 Å². The van der Waals surface area contributed by atoms with Gasteiger partial charge in [-0.05, 0) is 24.7 Å². The minimum Gasteiger partial charge on any atom is -0.383 e. The molecule has 4 aromatic heterocycles. The van der Waals surface area contributed by atoms with Crippen LogP contribution in [0.2, 0.25) is 0 Å². The fraction of sp³-hybridized carbons (Fsp3) is 0.464. The van der Waals surface area contributed by atoms with E-state index in [9.17, 15) is 4.39 Å². The van der Waals surface area contributed by atoms with Crippen molar-refractivity contribution < 1.29 is 9.13 Å². The molecule has 0 saturated carbocycles. The van der Waals surface area contributed by atoms with Crippen LogP contribution in [0.3, 0.4) is 0 Å². The fourth-order valence-corrected chi connectivity index (χ4v) is 5.22. The second-order valence-corrected chi connectivity index (χ2v) is 11.2. The van der Waals surface area contributed by atoms with E-state index in [1.165, 1.54) is 6.20 Å². The zero-order chi connectivity index (χ0) is 27.7. The normalized spacial score (nSPS) is 17.2. The van der Waals surface area contributed by atoms with Crippen LogP contribution in [0.15, 0.2) is 36.8 Å². The highest BCUT2D eigenvalue weighted by Gasteiger charge is 2.25. The van der Waals surface area contributed by atoms with Gasteiger partial charge >= 0.3 is 0 Å². The van der Waals surface area contributed by atoms with E-state index < -0.39 is 5.82 Å². The molecule has 5 rings (SSSR count). The van der Waals surface area contributed by atoms with Gasteiger partial charge in [0.15, 0.2) is 11.5 Å². The first-order valence-electron chi connectivity index (χ1n) is 13.1. The van der Waals surface area contributed by atoms with Gasteiger partial charge in [0.25, 0.3) is 0 Å². The molecule has 1 saturated heterocycles. The molecule has 1 aliphatic heterocycles. The Bertz CT molecular complexity index is 1450. The quantitative estimate of drug-likeness (QED) is 0.381. The maximum atomic E-state index is 14.9. The van der Waals surface area contributed by atoms with Crippen molar-refractivity contribution in [1.82, 2.24) is 39.5 Å². The number of ether oxygens (including phenoxy) is 1. The van der Waals surface area contributed by atoms with Gasteiger partial charge in [0.05, 0.1) is 18.5 Å². The van der Waals surface area contributed by atoms with Crippen LogP contribution in [-0.4, -0.2) is 86.0 Å². The number of halogens is 1. The smallest absolute Gasteiger partial charge is 0.229 e.